The Bertz CT molecular complexity index is 341. The van der Waals surface area contributed by atoms with Crippen LogP contribution in [0, 0.1) is 0 Å². The highest BCUT2D eigenvalue weighted by Gasteiger charge is 2.03. The Hall–Kier alpha value is -0.640. The maximum absolute atomic E-state index is 6.01. The zero-order valence-corrected chi connectivity index (χ0v) is 9.49. The van der Waals surface area contributed by atoms with Gasteiger partial charge in [0, 0.05) is 17.2 Å². The molecule has 2 nitrogen and oxygen atoms in total. The first kappa shape index (κ1) is 11.4. The summed E-state index contributed by atoms with van der Waals surface area (Å²) in [5, 5.41) is 0.642. The second-order valence-electron chi connectivity index (χ2n) is 2.81. The zero-order chi connectivity index (χ0) is 10.6. The lowest BCUT2D eigenvalue weighted by atomic mass is 10.1. The fraction of sp³-hybridized carbons (Fsp3) is 0.300. The summed E-state index contributed by atoms with van der Waals surface area (Å²) in [7, 11) is 0. The molecule has 1 aromatic carbocycles. The van der Waals surface area contributed by atoms with Crippen molar-refractivity contribution >= 4 is 28.8 Å². The molecule has 1 rings (SSSR count). The molecule has 0 aliphatic carbocycles. The van der Waals surface area contributed by atoms with E-state index in [9.17, 15) is 0 Å². The molecule has 0 unspecified atom stereocenters. The van der Waals surface area contributed by atoms with Gasteiger partial charge in [0.2, 0.25) is 0 Å². The first-order chi connectivity index (χ1) is 6.65. The minimum Gasteiger partial charge on any atom is -0.389 e. The normalized spacial score (nSPS) is 10.1. The van der Waals surface area contributed by atoms with E-state index in [0.29, 0.717) is 23.2 Å². The van der Waals surface area contributed by atoms with Crippen molar-refractivity contribution in [3.63, 3.8) is 0 Å². The summed E-state index contributed by atoms with van der Waals surface area (Å²) in [5.41, 5.74) is 7.21. The van der Waals surface area contributed by atoms with Gasteiger partial charge in [0.1, 0.15) is 4.99 Å². The van der Waals surface area contributed by atoms with Crippen molar-refractivity contribution in [3.8, 4) is 0 Å². The van der Waals surface area contributed by atoms with Gasteiger partial charge in [-0.3, -0.25) is 0 Å². The summed E-state index contributed by atoms with van der Waals surface area (Å²) in [5.74, 6) is 0. The van der Waals surface area contributed by atoms with Crippen molar-refractivity contribution in [2.45, 2.75) is 13.5 Å². The van der Waals surface area contributed by atoms with E-state index in [-0.39, 0.29) is 0 Å². The van der Waals surface area contributed by atoms with E-state index in [1.165, 1.54) is 0 Å². The van der Waals surface area contributed by atoms with Crippen LogP contribution in [0.3, 0.4) is 0 Å². The average molecular weight is 230 g/mol. The molecule has 0 heterocycles. The summed E-state index contributed by atoms with van der Waals surface area (Å²) >= 11 is 10.9. The summed E-state index contributed by atoms with van der Waals surface area (Å²) in [6.45, 7) is 3.14. The Labute approximate surface area is 94.0 Å². The highest BCUT2D eigenvalue weighted by atomic mass is 35.5. The Morgan fingerprint density at radius 1 is 1.57 bits per heavy atom. The van der Waals surface area contributed by atoms with Crippen molar-refractivity contribution in [3.05, 3.63) is 34.3 Å². The van der Waals surface area contributed by atoms with Crippen LogP contribution in [-0.4, -0.2) is 11.6 Å². The molecule has 0 saturated heterocycles. The summed E-state index contributed by atoms with van der Waals surface area (Å²) in [4.78, 5) is 0.356. The number of ether oxygens (including phenoxy) is 1. The van der Waals surface area contributed by atoms with Crippen molar-refractivity contribution in [2.24, 2.45) is 5.73 Å². The molecule has 1 aromatic rings. The van der Waals surface area contributed by atoms with Crippen LogP contribution in [0.5, 0.6) is 0 Å². The van der Waals surface area contributed by atoms with Crippen molar-refractivity contribution in [1.82, 2.24) is 0 Å². The maximum atomic E-state index is 6.01. The van der Waals surface area contributed by atoms with Gasteiger partial charge >= 0.3 is 0 Å². The number of hydrogen-bond acceptors (Lipinski definition) is 2. The van der Waals surface area contributed by atoms with Gasteiger partial charge in [0.25, 0.3) is 0 Å². The Balaban J connectivity index is 2.84. The lowest BCUT2D eigenvalue weighted by Crippen LogP contribution is -2.09. The molecule has 0 spiro atoms. The third kappa shape index (κ3) is 2.94. The van der Waals surface area contributed by atoms with Crippen LogP contribution in [0.4, 0.5) is 0 Å². The SMILES string of the molecule is CCOCc1ccc(C(N)=S)cc1Cl. The molecule has 14 heavy (non-hydrogen) atoms. The van der Waals surface area contributed by atoms with E-state index in [2.05, 4.69) is 0 Å². The number of rotatable bonds is 4. The number of nitrogens with two attached hydrogens (primary N) is 1. The molecule has 2 N–H and O–H groups in total. The summed E-state index contributed by atoms with van der Waals surface area (Å²) in [6, 6.07) is 5.49. The van der Waals surface area contributed by atoms with E-state index >= 15 is 0 Å². The lowest BCUT2D eigenvalue weighted by Gasteiger charge is -2.06. The molecule has 0 aromatic heterocycles. The highest BCUT2D eigenvalue weighted by Crippen LogP contribution is 2.18. The van der Waals surface area contributed by atoms with Crippen molar-refractivity contribution in [1.29, 1.82) is 0 Å². The molecule has 76 valence electrons. The summed E-state index contributed by atoms with van der Waals surface area (Å²) in [6.07, 6.45) is 0. The van der Waals surface area contributed by atoms with E-state index < -0.39 is 0 Å². The third-order valence-corrected chi connectivity index (χ3v) is 2.39. The van der Waals surface area contributed by atoms with Crippen LogP contribution < -0.4 is 5.73 Å². The number of halogens is 1. The van der Waals surface area contributed by atoms with Crippen LogP contribution in [0.15, 0.2) is 18.2 Å². The molecule has 0 saturated carbocycles. The molecular weight excluding hydrogens is 218 g/mol. The van der Waals surface area contributed by atoms with Gasteiger partial charge in [0.15, 0.2) is 0 Å². The maximum Gasteiger partial charge on any atom is 0.104 e. The lowest BCUT2D eigenvalue weighted by molar-refractivity contribution is 0.134. The average Bonchev–Trinajstić information content (AvgIpc) is 2.15. The van der Waals surface area contributed by atoms with E-state index in [0.717, 1.165) is 11.1 Å². The minimum absolute atomic E-state index is 0.356. The predicted molar refractivity (Wildman–Crippen MR) is 62.7 cm³/mol. The van der Waals surface area contributed by atoms with Crippen LogP contribution in [-0.2, 0) is 11.3 Å². The van der Waals surface area contributed by atoms with Crippen LogP contribution in [0.1, 0.15) is 18.1 Å². The monoisotopic (exact) mass is 229 g/mol. The van der Waals surface area contributed by atoms with Crippen LogP contribution in [0.25, 0.3) is 0 Å². The molecule has 0 amide bonds. The highest BCUT2D eigenvalue weighted by molar-refractivity contribution is 7.80. The van der Waals surface area contributed by atoms with Gasteiger partial charge in [-0.1, -0.05) is 36.0 Å². The molecule has 0 fully saturated rings. The first-order valence-electron chi connectivity index (χ1n) is 4.31. The quantitative estimate of drug-likeness (QED) is 0.806. The molecule has 0 atom stereocenters. The van der Waals surface area contributed by atoms with Gasteiger partial charge in [-0.15, -0.1) is 0 Å². The standard InChI is InChI=1S/C10H12ClNOS/c1-2-13-6-8-4-3-7(10(12)14)5-9(8)11/h3-5H,2,6H2,1H3,(H2,12,14). The molecule has 4 heteroatoms. The number of benzene rings is 1. The Kier molecular flexibility index (Phi) is 4.32. The van der Waals surface area contributed by atoms with Gasteiger partial charge < -0.3 is 10.5 Å². The van der Waals surface area contributed by atoms with Crippen LogP contribution in [0.2, 0.25) is 5.02 Å². The van der Waals surface area contributed by atoms with E-state index in [1.54, 1.807) is 6.07 Å². The number of thiocarbonyl (C=S) groups is 1. The van der Waals surface area contributed by atoms with Crippen molar-refractivity contribution < 1.29 is 4.74 Å². The second kappa shape index (κ2) is 5.29. The van der Waals surface area contributed by atoms with Crippen LogP contribution >= 0.6 is 23.8 Å². The fourth-order valence-electron chi connectivity index (χ4n) is 1.03. The Morgan fingerprint density at radius 3 is 2.79 bits per heavy atom. The largest absolute Gasteiger partial charge is 0.389 e. The van der Waals surface area contributed by atoms with Crippen molar-refractivity contribution in [2.75, 3.05) is 6.61 Å². The third-order valence-electron chi connectivity index (χ3n) is 1.80. The van der Waals surface area contributed by atoms with Gasteiger partial charge in [-0.25, -0.2) is 0 Å². The van der Waals surface area contributed by atoms with E-state index in [4.69, 9.17) is 34.3 Å². The van der Waals surface area contributed by atoms with Gasteiger partial charge in [-0.05, 0) is 18.6 Å². The summed E-state index contributed by atoms with van der Waals surface area (Å²) < 4.78 is 5.25. The second-order valence-corrected chi connectivity index (χ2v) is 3.65. The molecule has 0 radical (unpaired) electrons. The van der Waals surface area contributed by atoms with Gasteiger partial charge in [0.05, 0.1) is 6.61 Å². The molecule has 0 aliphatic heterocycles. The minimum atomic E-state index is 0.356. The predicted octanol–water partition coefficient (Wildman–Crippen LogP) is 2.51. The smallest absolute Gasteiger partial charge is 0.104 e. The first-order valence-corrected chi connectivity index (χ1v) is 5.09. The fourth-order valence-corrected chi connectivity index (χ4v) is 1.39. The molecule has 0 bridgehead atoms. The number of hydrogen-bond donors (Lipinski definition) is 1. The Morgan fingerprint density at radius 2 is 2.29 bits per heavy atom. The van der Waals surface area contributed by atoms with E-state index in [1.807, 2.05) is 19.1 Å². The molecular formula is C10H12ClNOS. The molecule has 0 aliphatic rings. The topological polar surface area (TPSA) is 35.2 Å². The van der Waals surface area contributed by atoms with Gasteiger partial charge in [-0.2, -0.15) is 0 Å². The zero-order valence-electron chi connectivity index (χ0n) is 7.92.